The third-order valence-electron chi connectivity index (χ3n) is 4.75. The zero-order chi connectivity index (χ0) is 24.5. The van der Waals surface area contributed by atoms with Crippen molar-refractivity contribution in [3.05, 3.63) is 64.9 Å². The van der Waals surface area contributed by atoms with E-state index in [2.05, 4.69) is 20.9 Å². The summed E-state index contributed by atoms with van der Waals surface area (Å²) in [4.78, 5) is 28.9. The van der Waals surface area contributed by atoms with Crippen LogP contribution in [0.3, 0.4) is 0 Å². The molecular formula is C22H16ClF3N4O3S. The number of halogens is 4. The van der Waals surface area contributed by atoms with Gasteiger partial charge in [0.1, 0.15) is 11.4 Å². The van der Waals surface area contributed by atoms with E-state index < -0.39 is 22.8 Å². The zero-order valence-corrected chi connectivity index (χ0v) is 19.0. The van der Waals surface area contributed by atoms with Crippen LogP contribution in [0.15, 0.2) is 53.6 Å². The number of nitrogens with one attached hydrogen (secondary N) is 3. The van der Waals surface area contributed by atoms with Crippen molar-refractivity contribution in [1.82, 2.24) is 4.98 Å². The lowest BCUT2D eigenvalue weighted by molar-refractivity contribution is -0.137. The number of aromatic nitrogens is 1. The quantitative estimate of drug-likeness (QED) is 0.346. The van der Waals surface area contributed by atoms with Crippen molar-refractivity contribution in [2.45, 2.75) is 17.5 Å². The van der Waals surface area contributed by atoms with Crippen LogP contribution in [0.25, 0.3) is 0 Å². The molecule has 0 unspecified atom stereocenters. The van der Waals surface area contributed by atoms with Crippen LogP contribution in [0.4, 0.5) is 35.0 Å². The standard InChI is InChI=1S/C22H16ClF3N4O3S/c1-34-18-9-12(29-21(32)28-11-2-4-14(23)13(8-11)22(24,25)26)3-5-16(18)33-17-6-7-27-15-10-19(31)30-20(15)17/h2-9H,10H2,1H3,(H,30,31)(H2,28,29,32). The zero-order valence-electron chi connectivity index (χ0n) is 17.4. The van der Waals surface area contributed by atoms with E-state index in [-0.39, 0.29) is 18.0 Å². The number of pyridine rings is 1. The number of fused-ring (bicyclic) bond motifs is 1. The van der Waals surface area contributed by atoms with Crippen molar-refractivity contribution < 1.29 is 27.5 Å². The van der Waals surface area contributed by atoms with Crippen LogP contribution in [0.1, 0.15) is 11.3 Å². The van der Waals surface area contributed by atoms with Crippen molar-refractivity contribution in [3.63, 3.8) is 0 Å². The number of carbonyl (C=O) groups is 2. The molecule has 1 aliphatic rings. The topological polar surface area (TPSA) is 92.3 Å². The Balaban J connectivity index is 1.48. The number of alkyl halides is 3. The molecule has 3 aromatic rings. The fraction of sp³-hybridized carbons (Fsp3) is 0.136. The minimum Gasteiger partial charge on any atom is -0.454 e. The number of rotatable bonds is 5. The second-order valence-electron chi connectivity index (χ2n) is 7.09. The summed E-state index contributed by atoms with van der Waals surface area (Å²) in [6.45, 7) is 0. The lowest BCUT2D eigenvalue weighted by Gasteiger charge is -2.15. The summed E-state index contributed by atoms with van der Waals surface area (Å²) in [6.07, 6.45) is -1.10. The van der Waals surface area contributed by atoms with Crippen LogP contribution in [0, 0.1) is 0 Å². The minimum absolute atomic E-state index is 0.0622. The molecule has 7 nitrogen and oxygen atoms in total. The molecule has 0 atom stereocenters. The molecule has 0 saturated heterocycles. The maximum atomic E-state index is 13.0. The largest absolute Gasteiger partial charge is 0.454 e. The first-order chi connectivity index (χ1) is 16.1. The Morgan fingerprint density at radius 1 is 1.12 bits per heavy atom. The average molecular weight is 509 g/mol. The van der Waals surface area contributed by atoms with Gasteiger partial charge in [-0.15, -0.1) is 11.8 Å². The first-order valence-corrected chi connectivity index (χ1v) is 11.3. The summed E-state index contributed by atoms with van der Waals surface area (Å²) in [5.74, 6) is 0.755. The Bertz CT molecular complexity index is 1290. The molecule has 12 heteroatoms. The number of hydrogen-bond acceptors (Lipinski definition) is 5. The van der Waals surface area contributed by atoms with Gasteiger partial charge in [0.2, 0.25) is 5.91 Å². The summed E-state index contributed by atoms with van der Waals surface area (Å²) in [5.41, 5.74) is 0.401. The van der Waals surface area contributed by atoms with Crippen LogP contribution in [0.5, 0.6) is 11.5 Å². The van der Waals surface area contributed by atoms with Gasteiger partial charge in [0.05, 0.1) is 27.6 Å². The SMILES string of the molecule is CSc1cc(NC(=O)Nc2ccc(Cl)c(C(F)(F)F)c2)ccc1Oc1ccnc2c1NC(=O)C2. The van der Waals surface area contributed by atoms with Crippen molar-refractivity contribution in [2.75, 3.05) is 22.2 Å². The van der Waals surface area contributed by atoms with Gasteiger partial charge in [-0.1, -0.05) is 11.6 Å². The second kappa shape index (κ2) is 9.43. The fourth-order valence-electron chi connectivity index (χ4n) is 3.24. The maximum absolute atomic E-state index is 13.0. The first-order valence-electron chi connectivity index (χ1n) is 9.72. The Kier molecular flexibility index (Phi) is 6.58. The number of hydrogen-bond donors (Lipinski definition) is 3. The van der Waals surface area contributed by atoms with E-state index in [0.29, 0.717) is 33.5 Å². The lowest BCUT2D eigenvalue weighted by Crippen LogP contribution is -2.20. The molecule has 176 valence electrons. The van der Waals surface area contributed by atoms with Gasteiger partial charge in [0.15, 0.2) is 5.75 Å². The lowest BCUT2D eigenvalue weighted by atomic mass is 10.2. The molecule has 0 fully saturated rings. The molecule has 0 radical (unpaired) electrons. The van der Waals surface area contributed by atoms with Gasteiger partial charge in [0, 0.05) is 23.6 Å². The highest BCUT2D eigenvalue weighted by Gasteiger charge is 2.33. The first kappa shape index (κ1) is 23.7. The van der Waals surface area contributed by atoms with E-state index in [1.807, 2.05) is 6.26 Å². The second-order valence-corrected chi connectivity index (χ2v) is 8.35. The number of thioether (sulfide) groups is 1. The van der Waals surface area contributed by atoms with Gasteiger partial charge in [-0.2, -0.15) is 13.2 Å². The van der Waals surface area contributed by atoms with Crippen molar-refractivity contribution in [1.29, 1.82) is 0 Å². The maximum Gasteiger partial charge on any atom is 0.417 e. The normalized spacial score (nSPS) is 12.7. The van der Waals surface area contributed by atoms with Gasteiger partial charge in [-0.25, -0.2) is 4.79 Å². The summed E-state index contributed by atoms with van der Waals surface area (Å²) in [5, 5.41) is 7.20. The third-order valence-corrected chi connectivity index (χ3v) is 5.84. The molecule has 2 heterocycles. The van der Waals surface area contributed by atoms with Gasteiger partial charge >= 0.3 is 12.2 Å². The third kappa shape index (κ3) is 5.20. The van der Waals surface area contributed by atoms with E-state index in [4.69, 9.17) is 16.3 Å². The summed E-state index contributed by atoms with van der Waals surface area (Å²) < 4.78 is 45.1. The molecule has 3 N–H and O–H groups in total. The van der Waals surface area contributed by atoms with Crippen LogP contribution in [-0.2, 0) is 17.4 Å². The molecule has 4 rings (SSSR count). The summed E-state index contributed by atoms with van der Waals surface area (Å²) >= 11 is 6.97. The number of amides is 3. The van der Waals surface area contributed by atoms with Crippen LogP contribution in [0.2, 0.25) is 5.02 Å². The van der Waals surface area contributed by atoms with Gasteiger partial charge in [0.25, 0.3) is 0 Å². The number of urea groups is 1. The molecular weight excluding hydrogens is 493 g/mol. The molecule has 0 bridgehead atoms. The van der Waals surface area contributed by atoms with Crippen molar-refractivity contribution >= 4 is 52.4 Å². The molecule has 0 saturated carbocycles. The number of ether oxygens (including phenoxy) is 1. The van der Waals surface area contributed by atoms with Crippen LogP contribution >= 0.6 is 23.4 Å². The van der Waals surface area contributed by atoms with E-state index in [9.17, 15) is 22.8 Å². The molecule has 0 spiro atoms. The number of anilines is 3. The smallest absolute Gasteiger partial charge is 0.417 e. The molecule has 2 aromatic carbocycles. The number of nitrogens with zero attached hydrogens (tertiary/aromatic N) is 1. The highest BCUT2D eigenvalue weighted by atomic mass is 35.5. The molecule has 1 aromatic heterocycles. The molecule has 1 aliphatic heterocycles. The minimum atomic E-state index is -4.65. The Hall–Kier alpha value is -3.44. The summed E-state index contributed by atoms with van der Waals surface area (Å²) in [7, 11) is 0. The van der Waals surface area contributed by atoms with Crippen molar-refractivity contribution in [3.8, 4) is 11.5 Å². The number of benzene rings is 2. The molecule has 34 heavy (non-hydrogen) atoms. The monoisotopic (exact) mass is 508 g/mol. The summed E-state index contributed by atoms with van der Waals surface area (Å²) in [6, 6.07) is 8.87. The predicted octanol–water partition coefficient (Wildman–Crippen LogP) is 6.41. The Morgan fingerprint density at radius 3 is 2.53 bits per heavy atom. The van der Waals surface area contributed by atoms with Gasteiger partial charge in [-0.05, 0) is 42.7 Å². The fourth-order valence-corrected chi connectivity index (χ4v) is 4.02. The van der Waals surface area contributed by atoms with Crippen molar-refractivity contribution in [2.24, 2.45) is 0 Å². The molecule has 3 amide bonds. The van der Waals surface area contributed by atoms with E-state index >= 15 is 0 Å². The van der Waals surface area contributed by atoms with E-state index in [1.165, 1.54) is 17.8 Å². The predicted molar refractivity (Wildman–Crippen MR) is 124 cm³/mol. The number of carbonyl (C=O) groups excluding carboxylic acids is 2. The Morgan fingerprint density at radius 2 is 1.82 bits per heavy atom. The van der Waals surface area contributed by atoms with E-state index in [0.717, 1.165) is 12.1 Å². The van der Waals surface area contributed by atoms with Gasteiger partial charge < -0.3 is 20.7 Å². The average Bonchev–Trinajstić information content (AvgIpc) is 3.16. The Labute approximate surface area is 201 Å². The van der Waals surface area contributed by atoms with Gasteiger partial charge in [-0.3, -0.25) is 9.78 Å². The highest BCUT2D eigenvalue weighted by Crippen LogP contribution is 2.39. The molecule has 0 aliphatic carbocycles. The van der Waals surface area contributed by atoms with Crippen LogP contribution in [-0.4, -0.2) is 23.2 Å². The van der Waals surface area contributed by atoms with Crippen LogP contribution < -0.4 is 20.7 Å². The van der Waals surface area contributed by atoms with E-state index in [1.54, 1.807) is 30.5 Å². The highest BCUT2D eigenvalue weighted by molar-refractivity contribution is 7.98.